The van der Waals surface area contributed by atoms with E-state index in [9.17, 15) is 39.0 Å². The molecule has 59 heavy (non-hydrogen) atoms. The van der Waals surface area contributed by atoms with Gasteiger partial charge in [0.05, 0.1) is 25.6 Å². The molecule has 2 unspecified atom stereocenters. The quantitative estimate of drug-likeness (QED) is 0.124. The van der Waals surface area contributed by atoms with Gasteiger partial charge in [0.1, 0.15) is 23.9 Å². The van der Waals surface area contributed by atoms with Gasteiger partial charge in [-0.2, -0.15) is 0 Å². The maximum absolute atomic E-state index is 14.3. The first-order chi connectivity index (χ1) is 28.3. The second kappa shape index (κ2) is 23.5. The smallest absolute Gasteiger partial charge is 0.251 e. The zero-order chi connectivity index (χ0) is 42.9. The Bertz CT molecular complexity index is 1700. The van der Waals surface area contributed by atoms with Crippen molar-refractivity contribution in [2.24, 2.45) is 5.92 Å². The van der Waals surface area contributed by atoms with Gasteiger partial charge in [-0.15, -0.1) is 6.10 Å². The SMILES string of the molecule is CCCC(NC(=O)[C@@H]1CCCN1C(=O)[C@H](CC1CCCCC1)NC(=O)Cc1cccc(OCC[C@@H](C)[O-])c1)C(O)C(=O)NCC(=O)N[C@H](C(=O)N(C)C)c1ccccc1. The van der Waals surface area contributed by atoms with Gasteiger partial charge in [-0.3, -0.25) is 28.8 Å². The van der Waals surface area contributed by atoms with Gasteiger partial charge in [0.2, 0.25) is 29.5 Å². The third kappa shape index (κ3) is 14.6. The number of carbonyl (C=O) groups is 6. The summed E-state index contributed by atoms with van der Waals surface area (Å²) in [6.45, 7) is 3.48. The maximum atomic E-state index is 14.3. The number of aliphatic hydroxyl groups is 1. The predicted octanol–water partition coefficient (Wildman–Crippen LogP) is 1.90. The predicted molar refractivity (Wildman–Crippen MR) is 219 cm³/mol. The molecule has 1 aliphatic carbocycles. The Hall–Kier alpha value is -5.02. The van der Waals surface area contributed by atoms with Crippen molar-refractivity contribution in [1.29, 1.82) is 0 Å². The second-order valence-electron chi connectivity index (χ2n) is 16.0. The zero-order valence-electron chi connectivity index (χ0n) is 35.0. The minimum Gasteiger partial charge on any atom is -0.852 e. The molecule has 15 nitrogen and oxygen atoms in total. The highest BCUT2D eigenvalue weighted by Crippen LogP contribution is 2.29. The topological polar surface area (TPSA) is 210 Å². The van der Waals surface area contributed by atoms with Crippen LogP contribution in [0.3, 0.4) is 0 Å². The largest absolute Gasteiger partial charge is 0.852 e. The van der Waals surface area contributed by atoms with Crippen LogP contribution in [-0.2, 0) is 35.2 Å². The summed E-state index contributed by atoms with van der Waals surface area (Å²) in [7, 11) is 3.14. The molecule has 0 spiro atoms. The minimum atomic E-state index is -1.71. The van der Waals surface area contributed by atoms with E-state index >= 15 is 0 Å². The molecular formula is C44H63N6O9-. The van der Waals surface area contributed by atoms with Crippen molar-refractivity contribution in [3.8, 4) is 5.75 Å². The molecule has 6 amide bonds. The molecule has 2 aromatic carbocycles. The lowest BCUT2D eigenvalue weighted by molar-refractivity contribution is -0.415. The highest BCUT2D eigenvalue weighted by molar-refractivity contribution is 5.94. The number of hydrogen-bond acceptors (Lipinski definition) is 9. The normalized spacial score (nSPS) is 18.1. The number of aliphatic hydroxyl groups excluding tert-OH is 1. The van der Waals surface area contributed by atoms with Crippen LogP contribution in [0.15, 0.2) is 54.6 Å². The average Bonchev–Trinajstić information content (AvgIpc) is 3.72. The van der Waals surface area contributed by atoms with Crippen molar-refractivity contribution in [3.05, 3.63) is 65.7 Å². The monoisotopic (exact) mass is 819 g/mol. The number of hydrogen-bond donors (Lipinski definition) is 5. The van der Waals surface area contributed by atoms with Crippen molar-refractivity contribution in [3.63, 3.8) is 0 Å². The molecule has 2 aliphatic rings. The second-order valence-corrected chi connectivity index (χ2v) is 16.0. The van der Waals surface area contributed by atoms with Crippen LogP contribution >= 0.6 is 0 Å². The molecule has 6 atom stereocenters. The lowest BCUT2D eigenvalue weighted by Gasteiger charge is -2.32. The van der Waals surface area contributed by atoms with Gasteiger partial charge in [0, 0.05) is 20.6 Å². The molecule has 15 heteroatoms. The van der Waals surface area contributed by atoms with Gasteiger partial charge in [0.25, 0.3) is 5.91 Å². The Labute approximate surface area is 348 Å². The summed E-state index contributed by atoms with van der Waals surface area (Å²) < 4.78 is 5.70. The lowest BCUT2D eigenvalue weighted by atomic mass is 9.84. The van der Waals surface area contributed by atoms with Crippen LogP contribution in [0.4, 0.5) is 0 Å². The third-order valence-electron chi connectivity index (χ3n) is 10.9. The Balaban J connectivity index is 1.38. The van der Waals surface area contributed by atoms with Crippen molar-refractivity contribution in [1.82, 2.24) is 31.1 Å². The van der Waals surface area contributed by atoms with E-state index in [1.165, 1.54) is 9.80 Å². The fourth-order valence-corrected chi connectivity index (χ4v) is 7.76. The number of likely N-dealkylation sites (N-methyl/N-ethyl adjacent to an activating group) is 1. The van der Waals surface area contributed by atoms with Crippen molar-refractivity contribution in [2.75, 3.05) is 33.8 Å². The number of carbonyl (C=O) groups excluding carboxylic acids is 6. The zero-order valence-corrected chi connectivity index (χ0v) is 35.0. The highest BCUT2D eigenvalue weighted by Gasteiger charge is 2.40. The summed E-state index contributed by atoms with van der Waals surface area (Å²) in [5.74, 6) is -2.29. The van der Waals surface area contributed by atoms with Gasteiger partial charge in [0.15, 0.2) is 6.10 Å². The maximum Gasteiger partial charge on any atom is 0.251 e. The average molecular weight is 820 g/mol. The van der Waals surface area contributed by atoms with E-state index in [-0.39, 0.29) is 43.1 Å². The summed E-state index contributed by atoms with van der Waals surface area (Å²) in [4.78, 5) is 83.4. The number of ether oxygens (including phenoxy) is 1. The van der Waals surface area contributed by atoms with Crippen LogP contribution in [0, 0.1) is 5.92 Å². The molecule has 1 aliphatic heterocycles. The van der Waals surface area contributed by atoms with Gasteiger partial charge >= 0.3 is 0 Å². The summed E-state index contributed by atoms with van der Waals surface area (Å²) in [6, 6.07) is 12.1. The molecule has 324 valence electrons. The molecule has 4 rings (SSSR count). The van der Waals surface area contributed by atoms with E-state index in [1.807, 2.05) is 6.92 Å². The molecule has 2 fully saturated rings. The summed E-state index contributed by atoms with van der Waals surface area (Å²) in [5, 5.41) is 33.4. The first kappa shape index (κ1) is 46.7. The van der Waals surface area contributed by atoms with E-state index in [4.69, 9.17) is 4.74 Å². The molecule has 0 radical (unpaired) electrons. The van der Waals surface area contributed by atoms with Crippen molar-refractivity contribution >= 4 is 35.4 Å². The van der Waals surface area contributed by atoms with Crippen LogP contribution in [0.1, 0.15) is 102 Å². The highest BCUT2D eigenvalue weighted by atomic mass is 16.5. The molecule has 1 heterocycles. The van der Waals surface area contributed by atoms with Crippen LogP contribution < -0.4 is 31.1 Å². The Kier molecular flexibility index (Phi) is 18.6. The molecular weight excluding hydrogens is 757 g/mol. The van der Waals surface area contributed by atoms with Gasteiger partial charge in [-0.25, -0.2) is 0 Å². The minimum absolute atomic E-state index is 0.00957. The first-order valence-corrected chi connectivity index (χ1v) is 21.1. The molecule has 0 bridgehead atoms. The number of likely N-dealkylation sites (tertiary alicyclic amines) is 1. The van der Waals surface area contributed by atoms with Crippen LogP contribution in [0.5, 0.6) is 5.75 Å². The van der Waals surface area contributed by atoms with Gasteiger partial charge in [-0.1, -0.05) is 94.8 Å². The van der Waals surface area contributed by atoms with Crippen LogP contribution in [0.25, 0.3) is 0 Å². The number of benzene rings is 2. The van der Waals surface area contributed by atoms with E-state index in [1.54, 1.807) is 75.6 Å². The Morgan fingerprint density at radius 1 is 0.898 bits per heavy atom. The van der Waals surface area contributed by atoms with E-state index < -0.39 is 60.6 Å². The molecule has 0 aromatic heterocycles. The molecule has 1 saturated carbocycles. The summed E-state index contributed by atoms with van der Waals surface area (Å²) in [6.07, 6.45) is 5.19. The van der Waals surface area contributed by atoms with Crippen LogP contribution in [-0.4, -0.2) is 114 Å². The van der Waals surface area contributed by atoms with E-state index in [0.29, 0.717) is 55.5 Å². The van der Waals surface area contributed by atoms with Gasteiger partial charge < -0.3 is 46.0 Å². The third-order valence-corrected chi connectivity index (χ3v) is 10.9. The summed E-state index contributed by atoms with van der Waals surface area (Å²) in [5.41, 5.74) is 1.26. The first-order valence-electron chi connectivity index (χ1n) is 21.1. The number of rotatable bonds is 21. The van der Waals surface area contributed by atoms with Crippen molar-refractivity contribution < 1.29 is 43.7 Å². The van der Waals surface area contributed by atoms with Crippen LogP contribution in [0.2, 0.25) is 0 Å². The fourth-order valence-electron chi connectivity index (χ4n) is 7.76. The Morgan fingerprint density at radius 2 is 1.63 bits per heavy atom. The number of nitrogens with one attached hydrogen (secondary N) is 4. The fraction of sp³-hybridized carbons (Fsp3) is 0.591. The molecule has 2 aromatic rings. The van der Waals surface area contributed by atoms with E-state index in [0.717, 1.165) is 32.1 Å². The standard InChI is InChI=1S/C44H63N6O9/c1-5-14-34(40(54)42(56)45-28-38(53)48-39(44(58)49(3)4)32-18-10-7-11-19-32)47-41(55)36-21-13-23-50(36)43(57)35(26-30-15-8-6-9-16-30)46-37(52)27-31-17-12-20-33(25-31)59-24-22-29(2)51/h7,10-12,17-20,25,29-30,34-36,39-40,54H,5-6,8-9,13-16,21-24,26-28H2,1-4H3,(H,45,56)(H,46,52)(H,47,55)(H,48,53)/q-1/t29-,34?,35+,36+,39+,40?/m1/s1. The molecule has 5 N–H and O–H groups in total. The molecule has 1 saturated heterocycles. The Morgan fingerprint density at radius 3 is 2.31 bits per heavy atom. The van der Waals surface area contributed by atoms with Crippen molar-refractivity contribution in [2.45, 2.75) is 127 Å². The number of amides is 6. The van der Waals surface area contributed by atoms with E-state index in [2.05, 4.69) is 21.3 Å². The van der Waals surface area contributed by atoms with Gasteiger partial charge in [-0.05, 0) is 61.3 Å². The lowest BCUT2D eigenvalue weighted by Crippen LogP contribution is -2.57. The summed E-state index contributed by atoms with van der Waals surface area (Å²) >= 11 is 0. The number of nitrogens with zero attached hydrogens (tertiary/aromatic N) is 2.